The normalized spacial score (nSPS) is 10.5. The predicted molar refractivity (Wildman–Crippen MR) is 93.4 cm³/mol. The van der Waals surface area contributed by atoms with Gasteiger partial charge in [0.1, 0.15) is 0 Å². The molecule has 0 saturated carbocycles. The Morgan fingerprint density at radius 1 is 1.14 bits per heavy atom. The van der Waals surface area contributed by atoms with Gasteiger partial charge in [0.25, 0.3) is 5.91 Å². The van der Waals surface area contributed by atoms with Gasteiger partial charge in [-0.2, -0.15) is 0 Å². The zero-order valence-corrected chi connectivity index (χ0v) is 15.2. The third kappa shape index (κ3) is 4.17. The molecule has 2 aromatic carbocycles. The highest BCUT2D eigenvalue weighted by Gasteiger charge is 2.17. The van der Waals surface area contributed by atoms with Crippen molar-refractivity contribution in [3.63, 3.8) is 0 Å². The predicted octanol–water partition coefficient (Wildman–Crippen LogP) is 5.18. The Hall–Kier alpha value is -1.13. The summed E-state index contributed by atoms with van der Waals surface area (Å²) in [6.07, 6.45) is 0. The summed E-state index contributed by atoms with van der Waals surface area (Å²) in [5.74, 6) is 0.0402. The van der Waals surface area contributed by atoms with Crippen molar-refractivity contribution in [1.82, 2.24) is 4.90 Å². The summed E-state index contributed by atoms with van der Waals surface area (Å²) in [4.78, 5) is 14.5. The first-order valence-electron chi connectivity index (χ1n) is 6.81. The number of hydrogen-bond donors (Lipinski definition) is 0. The fraction of sp³-hybridized carbons (Fsp3) is 0.235. The summed E-state index contributed by atoms with van der Waals surface area (Å²) in [6.45, 7) is 5.36. The largest absolute Gasteiger partial charge is 0.335 e. The van der Waals surface area contributed by atoms with Gasteiger partial charge in [-0.1, -0.05) is 45.8 Å². The number of amides is 1. The van der Waals surface area contributed by atoms with E-state index < -0.39 is 0 Å². The highest BCUT2D eigenvalue weighted by atomic mass is 79.9. The standard InChI is InChI=1S/C17H17Br2NO/c1-3-20(11-13-6-4-5-12(2)9-13)17(21)15-8-7-14(18)10-16(15)19/h4-10H,3,11H2,1-2H3. The van der Waals surface area contributed by atoms with E-state index in [0.717, 1.165) is 14.5 Å². The molecule has 21 heavy (non-hydrogen) atoms. The van der Waals surface area contributed by atoms with Gasteiger partial charge in [0.15, 0.2) is 0 Å². The van der Waals surface area contributed by atoms with Gasteiger partial charge in [-0.15, -0.1) is 0 Å². The van der Waals surface area contributed by atoms with Gasteiger partial charge in [0, 0.05) is 22.0 Å². The van der Waals surface area contributed by atoms with Gasteiger partial charge < -0.3 is 4.90 Å². The molecule has 0 aliphatic heterocycles. The molecule has 0 bridgehead atoms. The second kappa shape index (κ2) is 7.23. The van der Waals surface area contributed by atoms with Crippen LogP contribution in [-0.4, -0.2) is 17.4 Å². The van der Waals surface area contributed by atoms with Crippen LogP contribution in [0, 0.1) is 6.92 Å². The minimum Gasteiger partial charge on any atom is -0.335 e. The molecule has 2 rings (SSSR count). The SMILES string of the molecule is CCN(Cc1cccc(C)c1)C(=O)c1ccc(Br)cc1Br. The van der Waals surface area contributed by atoms with E-state index in [1.54, 1.807) is 0 Å². The molecule has 0 fully saturated rings. The Balaban J connectivity index is 2.22. The van der Waals surface area contributed by atoms with Crippen LogP contribution in [0.2, 0.25) is 0 Å². The van der Waals surface area contributed by atoms with Crippen LogP contribution >= 0.6 is 31.9 Å². The lowest BCUT2D eigenvalue weighted by Gasteiger charge is -2.22. The first-order valence-corrected chi connectivity index (χ1v) is 8.39. The monoisotopic (exact) mass is 409 g/mol. The van der Waals surface area contributed by atoms with E-state index in [1.165, 1.54) is 5.56 Å². The summed E-state index contributed by atoms with van der Waals surface area (Å²) < 4.78 is 1.76. The van der Waals surface area contributed by atoms with Crippen molar-refractivity contribution in [2.75, 3.05) is 6.54 Å². The highest BCUT2D eigenvalue weighted by Crippen LogP contribution is 2.23. The Labute approximate surface area is 142 Å². The second-order valence-electron chi connectivity index (χ2n) is 4.93. The number of carbonyl (C=O) groups excluding carboxylic acids is 1. The van der Waals surface area contributed by atoms with Crippen LogP contribution in [-0.2, 0) is 6.54 Å². The Kier molecular flexibility index (Phi) is 5.59. The van der Waals surface area contributed by atoms with Crippen molar-refractivity contribution >= 4 is 37.8 Å². The van der Waals surface area contributed by atoms with Crippen LogP contribution in [0.1, 0.15) is 28.4 Å². The molecule has 1 amide bonds. The van der Waals surface area contributed by atoms with Gasteiger partial charge in [0.2, 0.25) is 0 Å². The second-order valence-corrected chi connectivity index (χ2v) is 6.70. The van der Waals surface area contributed by atoms with Crippen molar-refractivity contribution in [1.29, 1.82) is 0 Å². The molecule has 2 nitrogen and oxygen atoms in total. The van der Waals surface area contributed by atoms with E-state index in [0.29, 0.717) is 18.7 Å². The number of aryl methyl sites for hydroxylation is 1. The summed E-state index contributed by atoms with van der Waals surface area (Å²) in [5.41, 5.74) is 3.05. The van der Waals surface area contributed by atoms with E-state index >= 15 is 0 Å². The number of halogens is 2. The van der Waals surface area contributed by atoms with Gasteiger partial charge in [-0.05, 0) is 53.5 Å². The van der Waals surface area contributed by atoms with E-state index in [1.807, 2.05) is 36.1 Å². The molecule has 0 radical (unpaired) electrons. The third-order valence-electron chi connectivity index (χ3n) is 3.29. The number of carbonyl (C=O) groups is 1. The molecule has 110 valence electrons. The molecule has 0 heterocycles. The van der Waals surface area contributed by atoms with Crippen molar-refractivity contribution in [2.45, 2.75) is 20.4 Å². The number of benzene rings is 2. The summed E-state index contributed by atoms with van der Waals surface area (Å²) in [7, 11) is 0. The van der Waals surface area contributed by atoms with E-state index in [2.05, 4.69) is 57.0 Å². The Bertz CT molecular complexity index is 655. The molecule has 0 atom stereocenters. The molecule has 0 aromatic heterocycles. The lowest BCUT2D eigenvalue weighted by atomic mass is 10.1. The molecule has 2 aromatic rings. The molecule has 4 heteroatoms. The van der Waals surface area contributed by atoms with Crippen LogP contribution in [0.5, 0.6) is 0 Å². The first kappa shape index (κ1) is 16.2. The van der Waals surface area contributed by atoms with Crippen molar-refractivity contribution in [3.05, 3.63) is 68.1 Å². The van der Waals surface area contributed by atoms with Crippen molar-refractivity contribution < 1.29 is 4.79 Å². The molecule has 0 spiro atoms. The molecule has 0 unspecified atom stereocenters. The third-order valence-corrected chi connectivity index (χ3v) is 4.44. The topological polar surface area (TPSA) is 20.3 Å². The maximum Gasteiger partial charge on any atom is 0.255 e. The lowest BCUT2D eigenvalue weighted by Crippen LogP contribution is -2.30. The maximum atomic E-state index is 12.7. The van der Waals surface area contributed by atoms with E-state index in [-0.39, 0.29) is 5.91 Å². The fourth-order valence-electron chi connectivity index (χ4n) is 2.19. The number of nitrogens with zero attached hydrogens (tertiary/aromatic N) is 1. The van der Waals surface area contributed by atoms with Gasteiger partial charge >= 0.3 is 0 Å². The average Bonchev–Trinajstić information content (AvgIpc) is 2.44. The van der Waals surface area contributed by atoms with Crippen molar-refractivity contribution in [3.8, 4) is 0 Å². The zero-order chi connectivity index (χ0) is 15.4. The minimum absolute atomic E-state index is 0.0402. The zero-order valence-electron chi connectivity index (χ0n) is 12.1. The Morgan fingerprint density at radius 3 is 2.52 bits per heavy atom. The summed E-state index contributed by atoms with van der Waals surface area (Å²) in [5, 5.41) is 0. The van der Waals surface area contributed by atoms with Gasteiger partial charge in [-0.25, -0.2) is 0 Å². The molecule has 0 N–H and O–H groups in total. The smallest absolute Gasteiger partial charge is 0.255 e. The number of rotatable bonds is 4. The lowest BCUT2D eigenvalue weighted by molar-refractivity contribution is 0.0751. The van der Waals surface area contributed by atoms with Gasteiger partial charge in [-0.3, -0.25) is 4.79 Å². The van der Waals surface area contributed by atoms with E-state index in [9.17, 15) is 4.79 Å². The molecular formula is C17H17Br2NO. The Morgan fingerprint density at radius 2 is 1.90 bits per heavy atom. The highest BCUT2D eigenvalue weighted by molar-refractivity contribution is 9.11. The van der Waals surface area contributed by atoms with Crippen LogP contribution in [0.15, 0.2) is 51.4 Å². The average molecular weight is 411 g/mol. The molecule has 0 aliphatic carbocycles. The summed E-state index contributed by atoms with van der Waals surface area (Å²) in [6, 6.07) is 13.9. The summed E-state index contributed by atoms with van der Waals surface area (Å²) >= 11 is 6.87. The first-order chi connectivity index (χ1) is 10.0. The minimum atomic E-state index is 0.0402. The molecule has 0 saturated heterocycles. The van der Waals surface area contributed by atoms with Crippen LogP contribution in [0.4, 0.5) is 0 Å². The van der Waals surface area contributed by atoms with Crippen LogP contribution in [0.3, 0.4) is 0 Å². The maximum absolute atomic E-state index is 12.7. The molecule has 0 aliphatic rings. The van der Waals surface area contributed by atoms with Crippen LogP contribution < -0.4 is 0 Å². The van der Waals surface area contributed by atoms with Crippen LogP contribution in [0.25, 0.3) is 0 Å². The quantitative estimate of drug-likeness (QED) is 0.679. The van der Waals surface area contributed by atoms with Crippen molar-refractivity contribution in [2.24, 2.45) is 0 Å². The molecular weight excluding hydrogens is 394 g/mol. The number of hydrogen-bond acceptors (Lipinski definition) is 1. The van der Waals surface area contributed by atoms with E-state index in [4.69, 9.17) is 0 Å². The van der Waals surface area contributed by atoms with Gasteiger partial charge in [0.05, 0.1) is 5.56 Å². The fourth-order valence-corrected chi connectivity index (χ4v) is 3.41.